The van der Waals surface area contributed by atoms with Crippen LogP contribution in [0.1, 0.15) is 11.1 Å². The number of aromatic nitrogens is 2. The minimum Gasteiger partial charge on any atom is -0.497 e. The van der Waals surface area contributed by atoms with E-state index in [4.69, 9.17) is 14.5 Å². The van der Waals surface area contributed by atoms with E-state index in [-0.39, 0.29) is 5.56 Å². The van der Waals surface area contributed by atoms with E-state index < -0.39 is 0 Å². The second kappa shape index (κ2) is 7.57. The van der Waals surface area contributed by atoms with Gasteiger partial charge >= 0.3 is 0 Å². The van der Waals surface area contributed by atoms with Crippen LogP contribution < -0.4 is 15.2 Å². The summed E-state index contributed by atoms with van der Waals surface area (Å²) < 4.78 is 10.8. The van der Waals surface area contributed by atoms with Gasteiger partial charge in [0.1, 0.15) is 17.4 Å². The third-order valence-corrected chi connectivity index (χ3v) is 6.58. The number of rotatable bonds is 3. The average Bonchev–Trinajstić information content (AvgIpc) is 2.77. The highest BCUT2D eigenvalue weighted by Crippen LogP contribution is 2.44. The fourth-order valence-electron chi connectivity index (χ4n) is 3.79. The third-order valence-electron chi connectivity index (χ3n) is 5.28. The molecule has 0 saturated carbocycles. The van der Waals surface area contributed by atoms with Crippen LogP contribution in [0.5, 0.6) is 5.75 Å². The molecular formula is C22H21N3O3S. The van der Waals surface area contributed by atoms with Gasteiger partial charge in [0, 0.05) is 34.5 Å². The summed E-state index contributed by atoms with van der Waals surface area (Å²) in [5.41, 5.74) is 3.30. The minimum atomic E-state index is -0.139. The average molecular weight is 407 g/mol. The Labute approximate surface area is 172 Å². The summed E-state index contributed by atoms with van der Waals surface area (Å²) in [7, 11) is 1.69. The van der Waals surface area contributed by atoms with E-state index >= 15 is 0 Å². The first-order chi connectivity index (χ1) is 14.2. The topological polar surface area (TPSA) is 67.5 Å². The van der Waals surface area contributed by atoms with Crippen LogP contribution in [-0.2, 0) is 11.2 Å². The van der Waals surface area contributed by atoms with Crippen molar-refractivity contribution in [1.29, 1.82) is 0 Å². The fraction of sp³-hybridized carbons (Fsp3) is 0.273. The van der Waals surface area contributed by atoms with Crippen molar-refractivity contribution in [2.45, 2.75) is 16.2 Å². The normalized spacial score (nSPS) is 15.6. The lowest BCUT2D eigenvalue weighted by Crippen LogP contribution is -2.37. The van der Waals surface area contributed by atoms with Gasteiger partial charge in [-0.05, 0) is 35.7 Å². The molecule has 0 atom stereocenters. The summed E-state index contributed by atoms with van der Waals surface area (Å²) in [6.07, 6.45) is 0.829. The molecule has 0 unspecified atom stereocenters. The number of hydrogen-bond donors (Lipinski definition) is 1. The lowest BCUT2D eigenvalue weighted by Gasteiger charge is -2.28. The Morgan fingerprint density at radius 3 is 2.83 bits per heavy atom. The van der Waals surface area contributed by atoms with Crippen molar-refractivity contribution in [3.8, 4) is 17.1 Å². The first-order valence-electron chi connectivity index (χ1n) is 9.62. The predicted molar refractivity (Wildman–Crippen MR) is 113 cm³/mol. The molecule has 2 aliphatic rings. The van der Waals surface area contributed by atoms with E-state index in [0.717, 1.165) is 35.7 Å². The first-order valence-corrected chi connectivity index (χ1v) is 10.4. The molecule has 1 saturated heterocycles. The lowest BCUT2D eigenvalue weighted by molar-refractivity contribution is 0.122. The van der Waals surface area contributed by atoms with E-state index in [2.05, 4.69) is 28.1 Å². The Morgan fingerprint density at radius 1 is 1.14 bits per heavy atom. The number of ether oxygens (including phenoxy) is 2. The Bertz CT molecular complexity index is 1120. The quantitative estimate of drug-likeness (QED) is 0.562. The number of aromatic amines is 1. The molecule has 1 N–H and O–H groups in total. The van der Waals surface area contributed by atoms with Gasteiger partial charge in [0.25, 0.3) is 5.56 Å². The molecule has 5 rings (SSSR count). The van der Waals surface area contributed by atoms with Gasteiger partial charge in [-0.25, -0.2) is 4.98 Å². The largest absolute Gasteiger partial charge is 0.497 e. The molecule has 0 radical (unpaired) electrons. The van der Waals surface area contributed by atoms with Gasteiger partial charge < -0.3 is 19.4 Å². The molecule has 7 heteroatoms. The second-order valence-corrected chi connectivity index (χ2v) is 8.15. The third kappa shape index (κ3) is 3.52. The maximum absolute atomic E-state index is 12.4. The van der Waals surface area contributed by atoms with Crippen LogP contribution in [0.15, 0.2) is 57.1 Å². The molecule has 0 aliphatic carbocycles. The summed E-state index contributed by atoms with van der Waals surface area (Å²) >= 11 is 1.72. The van der Waals surface area contributed by atoms with Gasteiger partial charge in [-0.2, -0.15) is 0 Å². The molecule has 0 bridgehead atoms. The van der Waals surface area contributed by atoms with E-state index in [0.29, 0.717) is 24.9 Å². The van der Waals surface area contributed by atoms with E-state index in [9.17, 15) is 4.79 Å². The van der Waals surface area contributed by atoms with Crippen molar-refractivity contribution >= 4 is 17.6 Å². The molecule has 1 aromatic heterocycles. The Morgan fingerprint density at radius 2 is 2.00 bits per heavy atom. The van der Waals surface area contributed by atoms with Gasteiger partial charge in [0.15, 0.2) is 0 Å². The Balaban J connectivity index is 1.55. The van der Waals surface area contributed by atoms with Crippen LogP contribution in [0.25, 0.3) is 11.4 Å². The number of hydrogen-bond acceptors (Lipinski definition) is 6. The first kappa shape index (κ1) is 18.3. The van der Waals surface area contributed by atoms with Crippen LogP contribution in [0.3, 0.4) is 0 Å². The molecular weight excluding hydrogens is 386 g/mol. The molecule has 1 fully saturated rings. The Kier molecular flexibility index (Phi) is 4.77. The van der Waals surface area contributed by atoms with E-state index in [1.54, 1.807) is 24.9 Å². The van der Waals surface area contributed by atoms with Crippen molar-refractivity contribution < 1.29 is 9.47 Å². The smallest absolute Gasteiger partial charge is 0.253 e. The summed E-state index contributed by atoms with van der Waals surface area (Å²) in [6.45, 7) is 2.79. The highest BCUT2D eigenvalue weighted by atomic mass is 32.2. The van der Waals surface area contributed by atoms with Crippen LogP contribution in [-0.4, -0.2) is 43.4 Å². The number of H-pyrrole nitrogens is 1. The number of morpholine rings is 1. The summed E-state index contributed by atoms with van der Waals surface area (Å²) in [5.74, 6) is 2.18. The van der Waals surface area contributed by atoms with Crippen molar-refractivity contribution in [2.24, 2.45) is 0 Å². The highest BCUT2D eigenvalue weighted by Gasteiger charge is 2.22. The van der Waals surface area contributed by atoms with Crippen LogP contribution in [0, 0.1) is 0 Å². The molecule has 3 aromatic rings. The number of nitrogens with one attached hydrogen (secondary N) is 1. The zero-order valence-corrected chi connectivity index (χ0v) is 16.9. The molecule has 148 valence electrons. The van der Waals surface area contributed by atoms with Gasteiger partial charge in [-0.15, -0.1) is 0 Å². The monoisotopic (exact) mass is 407 g/mol. The van der Waals surface area contributed by atoms with Crippen LogP contribution in [0.2, 0.25) is 0 Å². The second-order valence-electron chi connectivity index (χ2n) is 7.10. The lowest BCUT2D eigenvalue weighted by atomic mass is 10.0. The molecule has 2 aliphatic heterocycles. The van der Waals surface area contributed by atoms with E-state index in [1.807, 2.05) is 18.2 Å². The van der Waals surface area contributed by atoms with Crippen molar-refractivity contribution in [3.63, 3.8) is 0 Å². The zero-order chi connectivity index (χ0) is 19.8. The van der Waals surface area contributed by atoms with Crippen LogP contribution >= 0.6 is 11.8 Å². The summed E-state index contributed by atoms with van der Waals surface area (Å²) in [4.78, 5) is 24.6. The van der Waals surface area contributed by atoms with Crippen LogP contribution in [0.4, 0.5) is 5.82 Å². The number of nitrogens with zero attached hydrogens (tertiary/aromatic N) is 2. The maximum Gasteiger partial charge on any atom is 0.253 e. The minimum absolute atomic E-state index is 0.139. The summed E-state index contributed by atoms with van der Waals surface area (Å²) in [5, 5.41) is 0. The number of anilines is 1. The molecule has 0 amide bonds. The van der Waals surface area contributed by atoms with Gasteiger partial charge in [-0.3, -0.25) is 4.79 Å². The number of benzene rings is 2. The van der Waals surface area contributed by atoms with Gasteiger partial charge in [0.2, 0.25) is 0 Å². The van der Waals surface area contributed by atoms with Gasteiger partial charge in [-0.1, -0.05) is 30.0 Å². The SMILES string of the molecule is COc1ccc2c(c1)Cc1cccc(-c3nc(N4CCOCC4)cc(=O)[nH]3)c1S2. The van der Waals surface area contributed by atoms with E-state index in [1.165, 1.54) is 16.0 Å². The summed E-state index contributed by atoms with van der Waals surface area (Å²) in [6, 6.07) is 13.9. The Hall–Kier alpha value is -2.77. The molecule has 0 spiro atoms. The molecule has 3 heterocycles. The number of methoxy groups -OCH3 is 1. The molecule has 2 aromatic carbocycles. The van der Waals surface area contributed by atoms with Crippen molar-refractivity contribution in [1.82, 2.24) is 9.97 Å². The molecule has 6 nitrogen and oxygen atoms in total. The zero-order valence-electron chi connectivity index (χ0n) is 16.1. The van der Waals surface area contributed by atoms with Gasteiger partial charge in [0.05, 0.1) is 20.3 Å². The van der Waals surface area contributed by atoms with Crippen molar-refractivity contribution in [2.75, 3.05) is 38.3 Å². The standard InChI is InChI=1S/C22H21N3O3S/c1-27-16-5-6-18-15(12-16)11-14-3-2-4-17(21(14)29-18)22-23-19(13-20(26)24-22)25-7-9-28-10-8-25/h2-6,12-13H,7-11H2,1H3,(H,23,24,26). The van der Waals surface area contributed by atoms with Crippen molar-refractivity contribution in [3.05, 3.63) is 63.9 Å². The molecule has 29 heavy (non-hydrogen) atoms. The predicted octanol–water partition coefficient (Wildman–Crippen LogP) is 3.34. The fourth-order valence-corrected chi connectivity index (χ4v) is 4.96. The number of fused-ring (bicyclic) bond motifs is 2. The highest BCUT2D eigenvalue weighted by molar-refractivity contribution is 7.99. The maximum atomic E-state index is 12.4.